The fraction of sp³-hybridized carbons (Fsp3) is 0.355. The molecule has 3 aromatic heterocycles. The van der Waals surface area contributed by atoms with E-state index in [1.807, 2.05) is 28.0 Å². The van der Waals surface area contributed by atoms with Gasteiger partial charge in [-0.2, -0.15) is 0 Å². The van der Waals surface area contributed by atoms with E-state index in [9.17, 15) is 26.4 Å². The van der Waals surface area contributed by atoms with Crippen molar-refractivity contribution in [3.8, 4) is 11.5 Å². The smallest absolute Gasteiger partial charge is 0.251 e. The summed E-state index contributed by atoms with van der Waals surface area (Å²) in [5.41, 5.74) is -0.724. The highest BCUT2D eigenvalue weighted by Gasteiger charge is 2.35. The van der Waals surface area contributed by atoms with Crippen molar-refractivity contribution in [3.63, 3.8) is 0 Å². The number of ether oxygens (including phenoxy) is 2. The van der Waals surface area contributed by atoms with Gasteiger partial charge in [-0.05, 0) is 43.2 Å². The number of carbonyl (C=O) groups excluding carboxylic acids is 1. The molecular weight excluding hydrogens is 625 g/mol. The molecule has 1 fully saturated rings. The Hall–Kier alpha value is -4.66. The van der Waals surface area contributed by atoms with Gasteiger partial charge in [0.25, 0.3) is 5.91 Å². The second kappa shape index (κ2) is 11.9. The van der Waals surface area contributed by atoms with Gasteiger partial charge < -0.3 is 24.6 Å². The van der Waals surface area contributed by atoms with E-state index >= 15 is 0 Å². The number of carbonyl (C=O) groups is 1. The summed E-state index contributed by atoms with van der Waals surface area (Å²) in [6.45, 7) is 1.61. The van der Waals surface area contributed by atoms with Gasteiger partial charge in [0.2, 0.25) is 15.3 Å². The number of rotatable bonds is 5. The van der Waals surface area contributed by atoms with Crippen LogP contribution >= 0.6 is 0 Å². The molecule has 46 heavy (non-hydrogen) atoms. The van der Waals surface area contributed by atoms with Gasteiger partial charge in [-0.15, -0.1) is 0 Å². The van der Waals surface area contributed by atoms with E-state index in [0.717, 1.165) is 36.2 Å². The number of piperidine rings is 1. The second-order valence-corrected chi connectivity index (χ2v) is 13.3. The first-order valence-electron chi connectivity index (χ1n) is 14.8. The van der Waals surface area contributed by atoms with Gasteiger partial charge in [-0.3, -0.25) is 9.78 Å². The summed E-state index contributed by atoms with van der Waals surface area (Å²) < 4.78 is 79.1. The lowest BCUT2D eigenvalue weighted by Gasteiger charge is -2.33. The Morgan fingerprint density at radius 1 is 1.02 bits per heavy atom. The quantitative estimate of drug-likeness (QED) is 0.331. The number of benzene rings is 1. The Bertz CT molecular complexity index is 1950. The number of hydrogen-bond acceptors (Lipinski definition) is 10. The number of halogens is 3. The zero-order chi connectivity index (χ0) is 32.0. The van der Waals surface area contributed by atoms with Gasteiger partial charge in [-0.25, -0.2) is 31.6 Å². The first-order valence-corrected chi connectivity index (χ1v) is 16.4. The topological polar surface area (TPSA) is 127 Å². The average molecular weight is 655 g/mol. The minimum Gasteiger partial charge on any atom is -0.489 e. The van der Waals surface area contributed by atoms with Gasteiger partial charge in [-0.1, -0.05) is 0 Å². The van der Waals surface area contributed by atoms with Crippen LogP contribution in [0.5, 0.6) is 11.5 Å². The normalized spacial score (nSPS) is 20.6. The number of amides is 1. The Labute approximate surface area is 262 Å². The maximum absolute atomic E-state index is 14.7. The third-order valence-electron chi connectivity index (χ3n) is 8.20. The SMILES string of the molecule is O=C(NCc1cc2nc(N3CCOc4cc(N5CCC[C@H](F)C5)cnc43)ccc2cn1)c1cc(F)c2c(c1)S(=O)(=O)[C@@H](F)CCO2. The molecule has 0 spiro atoms. The number of alkyl halides is 2. The third-order valence-corrected chi connectivity index (χ3v) is 10.0. The Kier molecular flexibility index (Phi) is 7.79. The predicted molar refractivity (Wildman–Crippen MR) is 162 cm³/mol. The van der Waals surface area contributed by atoms with Crippen molar-refractivity contribution < 1.29 is 35.9 Å². The molecule has 0 radical (unpaired) electrons. The second-order valence-electron chi connectivity index (χ2n) is 11.3. The molecule has 3 aliphatic rings. The number of anilines is 3. The van der Waals surface area contributed by atoms with Crippen molar-refractivity contribution in [1.29, 1.82) is 0 Å². The van der Waals surface area contributed by atoms with Crippen molar-refractivity contribution in [2.45, 2.75) is 42.4 Å². The molecule has 4 aromatic rings. The molecule has 6 heterocycles. The van der Waals surface area contributed by atoms with Gasteiger partial charge in [0, 0.05) is 42.7 Å². The van der Waals surface area contributed by atoms with Crippen LogP contribution in [0.3, 0.4) is 0 Å². The first kappa shape index (κ1) is 30.0. The fourth-order valence-electron chi connectivity index (χ4n) is 5.81. The molecular formula is C31H29F3N6O5S. The number of hydrogen-bond donors (Lipinski definition) is 1. The Morgan fingerprint density at radius 3 is 2.74 bits per heavy atom. The Balaban J connectivity index is 1.10. The average Bonchev–Trinajstić information content (AvgIpc) is 3.17. The minimum absolute atomic E-state index is 0.0741. The molecule has 0 unspecified atom stereocenters. The highest BCUT2D eigenvalue weighted by Crippen LogP contribution is 2.38. The molecule has 0 aliphatic carbocycles. The van der Waals surface area contributed by atoms with Gasteiger partial charge in [0.15, 0.2) is 23.1 Å². The standard InChI is InChI=1S/C31H29F3N6O5S/c32-20-2-1-6-39(17-20)22-13-25-30(36-16-22)40(7-9-44-25)28-4-3-18-14-35-21(12-24(18)38-28)15-37-31(41)19-10-23(33)29-26(11-19)46(42,43)27(34)5-8-45-29/h3-4,10-14,16,20,27H,1-2,5-9,15,17H2,(H,37,41)/t20-,27+/m0/s1. The van der Waals surface area contributed by atoms with Crippen molar-refractivity contribution in [2.75, 3.05) is 42.6 Å². The lowest BCUT2D eigenvalue weighted by atomic mass is 10.1. The van der Waals surface area contributed by atoms with Gasteiger partial charge >= 0.3 is 0 Å². The molecule has 1 aromatic carbocycles. The van der Waals surface area contributed by atoms with Crippen molar-refractivity contribution in [3.05, 3.63) is 65.9 Å². The van der Waals surface area contributed by atoms with E-state index in [1.165, 1.54) is 0 Å². The summed E-state index contributed by atoms with van der Waals surface area (Å²) in [5, 5.41) is 3.35. The van der Waals surface area contributed by atoms with Crippen LogP contribution in [0.25, 0.3) is 10.9 Å². The summed E-state index contributed by atoms with van der Waals surface area (Å²) in [4.78, 5) is 30.0. The minimum atomic E-state index is -4.53. The monoisotopic (exact) mass is 654 g/mol. The number of aromatic nitrogens is 3. The fourth-order valence-corrected chi connectivity index (χ4v) is 7.20. The first-order chi connectivity index (χ1) is 22.2. The van der Waals surface area contributed by atoms with Crippen LogP contribution in [0.15, 0.2) is 53.7 Å². The molecule has 15 heteroatoms. The van der Waals surface area contributed by atoms with Crippen molar-refractivity contribution in [2.24, 2.45) is 0 Å². The van der Waals surface area contributed by atoms with Crippen LogP contribution in [0.4, 0.5) is 30.5 Å². The van der Waals surface area contributed by atoms with Crippen molar-refractivity contribution in [1.82, 2.24) is 20.3 Å². The van der Waals surface area contributed by atoms with E-state index in [-0.39, 0.29) is 18.7 Å². The molecule has 1 saturated heterocycles. The third kappa shape index (κ3) is 5.63. The molecule has 11 nitrogen and oxygen atoms in total. The van der Waals surface area contributed by atoms with Crippen LogP contribution in [-0.2, 0) is 16.4 Å². The number of nitrogens with zero attached hydrogens (tertiary/aromatic N) is 5. The summed E-state index contributed by atoms with van der Waals surface area (Å²) in [5.74, 6) is -0.643. The molecule has 0 saturated carbocycles. The van der Waals surface area contributed by atoms with Crippen LogP contribution in [0.2, 0.25) is 0 Å². The summed E-state index contributed by atoms with van der Waals surface area (Å²) in [7, 11) is -4.53. The predicted octanol–water partition coefficient (Wildman–Crippen LogP) is 4.41. The van der Waals surface area contributed by atoms with E-state index in [0.29, 0.717) is 54.7 Å². The van der Waals surface area contributed by atoms with Gasteiger partial charge in [0.1, 0.15) is 23.5 Å². The molecule has 3 aliphatic heterocycles. The summed E-state index contributed by atoms with van der Waals surface area (Å²) >= 11 is 0. The highest BCUT2D eigenvalue weighted by molar-refractivity contribution is 7.92. The van der Waals surface area contributed by atoms with Crippen molar-refractivity contribution >= 4 is 44.0 Å². The van der Waals surface area contributed by atoms with E-state index in [4.69, 9.17) is 14.5 Å². The number of pyridine rings is 3. The maximum atomic E-state index is 14.7. The van der Waals surface area contributed by atoms with E-state index < -0.39 is 50.3 Å². The zero-order valence-electron chi connectivity index (χ0n) is 24.5. The van der Waals surface area contributed by atoms with Crippen LogP contribution < -0.4 is 24.6 Å². The van der Waals surface area contributed by atoms with E-state index in [2.05, 4.69) is 15.3 Å². The van der Waals surface area contributed by atoms with Crippen LogP contribution in [-0.4, -0.2) is 73.8 Å². The maximum Gasteiger partial charge on any atom is 0.251 e. The van der Waals surface area contributed by atoms with E-state index in [1.54, 1.807) is 18.5 Å². The molecule has 1 amide bonds. The summed E-state index contributed by atoms with van der Waals surface area (Å²) in [6, 6.07) is 9.07. The number of nitrogens with one attached hydrogen (secondary N) is 1. The lowest BCUT2D eigenvalue weighted by molar-refractivity contribution is 0.0949. The molecule has 7 rings (SSSR count). The molecule has 1 N–H and O–H groups in total. The van der Waals surface area contributed by atoms with Crippen LogP contribution in [0, 0.1) is 5.82 Å². The number of fused-ring (bicyclic) bond motifs is 3. The van der Waals surface area contributed by atoms with Crippen LogP contribution in [0.1, 0.15) is 35.3 Å². The number of sulfone groups is 1. The molecule has 0 bridgehead atoms. The highest BCUT2D eigenvalue weighted by atomic mass is 32.2. The summed E-state index contributed by atoms with van der Waals surface area (Å²) in [6.07, 6.45) is 3.35. The largest absolute Gasteiger partial charge is 0.489 e. The van der Waals surface area contributed by atoms with Gasteiger partial charge in [0.05, 0.1) is 42.8 Å². The Morgan fingerprint density at radius 2 is 1.89 bits per heavy atom. The molecule has 2 atom stereocenters. The zero-order valence-corrected chi connectivity index (χ0v) is 25.3. The lowest BCUT2D eigenvalue weighted by Crippen LogP contribution is -2.36. The molecule has 240 valence electrons.